The Morgan fingerprint density at radius 1 is 0.964 bits per heavy atom. The van der Waals surface area contributed by atoms with Gasteiger partial charge in [-0.2, -0.15) is 0 Å². The minimum absolute atomic E-state index is 0.00964. The van der Waals surface area contributed by atoms with Gasteiger partial charge in [0.1, 0.15) is 0 Å². The molecule has 7 nitrogen and oxygen atoms in total. The topological polar surface area (TPSA) is 102 Å². The quantitative estimate of drug-likeness (QED) is 0.250. The number of nitrogens with zero attached hydrogens (tertiary/aromatic N) is 1. The van der Waals surface area contributed by atoms with Crippen LogP contribution in [0.1, 0.15) is 78.6 Å². The molecule has 0 saturated carbocycles. The molecule has 1 aliphatic heterocycles. The van der Waals surface area contributed by atoms with E-state index in [0.29, 0.717) is 39.1 Å². The average molecular weight is 401 g/mol. The van der Waals surface area contributed by atoms with Crippen LogP contribution in [0.2, 0.25) is 0 Å². The number of amides is 2. The minimum Gasteiger partial charge on any atom is -0.396 e. The van der Waals surface area contributed by atoms with Crippen molar-refractivity contribution in [2.75, 3.05) is 32.9 Å². The average Bonchev–Trinajstić information content (AvgIpc) is 2.92. The number of nitrogens with two attached hydrogens (primary N) is 1. The number of carbonyl (C=O) groups excluding carboxylic acids is 2. The molecular formula is C21H40N2O5. The van der Waals surface area contributed by atoms with Crippen LogP contribution < -0.4 is 5.73 Å². The molecule has 0 aliphatic carbocycles. The van der Waals surface area contributed by atoms with Crippen molar-refractivity contribution in [3.05, 3.63) is 0 Å². The van der Waals surface area contributed by atoms with Crippen molar-refractivity contribution in [1.82, 2.24) is 4.90 Å². The Morgan fingerprint density at radius 2 is 1.54 bits per heavy atom. The van der Waals surface area contributed by atoms with E-state index in [1.165, 1.54) is 0 Å². The highest BCUT2D eigenvalue weighted by Gasteiger charge is 2.53. The number of hydrogen-bond acceptors (Lipinski definition) is 5. The second-order valence-corrected chi connectivity index (χ2v) is 8.70. The summed E-state index contributed by atoms with van der Waals surface area (Å²) < 4.78 is 0. The van der Waals surface area contributed by atoms with Crippen LogP contribution in [0.25, 0.3) is 0 Å². The lowest BCUT2D eigenvalue weighted by atomic mass is 9.69. The van der Waals surface area contributed by atoms with Crippen molar-refractivity contribution in [1.29, 1.82) is 0 Å². The normalized spacial score (nSPS) is 24.6. The number of hydrogen-bond donors (Lipinski definition) is 2. The van der Waals surface area contributed by atoms with Crippen LogP contribution in [0, 0.1) is 10.8 Å². The van der Waals surface area contributed by atoms with Gasteiger partial charge in [0, 0.05) is 36.8 Å². The fourth-order valence-corrected chi connectivity index (χ4v) is 3.67. The Balaban J connectivity index is 2.34. The highest BCUT2D eigenvalue weighted by molar-refractivity contribution is 5.76. The number of rotatable bonds is 15. The van der Waals surface area contributed by atoms with Gasteiger partial charge < -0.3 is 15.7 Å². The van der Waals surface area contributed by atoms with Crippen LogP contribution in [-0.4, -0.2) is 54.7 Å². The lowest BCUT2D eigenvalue weighted by Gasteiger charge is -2.37. The van der Waals surface area contributed by atoms with Gasteiger partial charge >= 0.3 is 0 Å². The van der Waals surface area contributed by atoms with Crippen molar-refractivity contribution in [2.45, 2.75) is 78.6 Å². The Morgan fingerprint density at radius 3 is 2.11 bits per heavy atom. The number of aliphatic hydroxyl groups is 1. The maximum Gasteiger partial charge on any atom is 0.222 e. The molecule has 1 heterocycles. The molecule has 0 aromatic carbocycles. The fraction of sp³-hybridized carbons (Fsp3) is 0.905. The summed E-state index contributed by atoms with van der Waals surface area (Å²) in [7, 11) is 0. The second kappa shape index (κ2) is 12.4. The van der Waals surface area contributed by atoms with Gasteiger partial charge in [0.05, 0.1) is 19.8 Å². The number of carbonyl (C=O) groups is 2. The monoisotopic (exact) mass is 400 g/mol. The smallest absolute Gasteiger partial charge is 0.222 e. The van der Waals surface area contributed by atoms with E-state index in [1.54, 1.807) is 0 Å². The molecule has 7 heteroatoms. The van der Waals surface area contributed by atoms with E-state index in [9.17, 15) is 14.7 Å². The van der Waals surface area contributed by atoms with E-state index in [2.05, 4.69) is 6.92 Å². The number of primary amides is 1. The molecule has 2 atom stereocenters. The Bertz CT molecular complexity index is 487. The third-order valence-electron chi connectivity index (χ3n) is 6.05. The van der Waals surface area contributed by atoms with E-state index in [-0.39, 0.29) is 23.8 Å². The summed E-state index contributed by atoms with van der Waals surface area (Å²) in [6, 6.07) is 0. The number of aliphatic hydroxyl groups excluding tert-OH is 1. The zero-order valence-corrected chi connectivity index (χ0v) is 18.0. The van der Waals surface area contributed by atoms with E-state index < -0.39 is 5.41 Å². The molecular weight excluding hydrogens is 360 g/mol. The van der Waals surface area contributed by atoms with Crippen LogP contribution in [0.3, 0.4) is 0 Å². The summed E-state index contributed by atoms with van der Waals surface area (Å²) in [5.41, 5.74) is 4.38. The Kier molecular flexibility index (Phi) is 11.0. The van der Waals surface area contributed by atoms with Crippen LogP contribution in [-0.2, 0) is 19.4 Å². The van der Waals surface area contributed by atoms with Crippen molar-refractivity contribution in [3.8, 4) is 0 Å². The summed E-state index contributed by atoms with van der Waals surface area (Å²) in [6.45, 7) is 8.11. The van der Waals surface area contributed by atoms with E-state index >= 15 is 0 Å². The second-order valence-electron chi connectivity index (χ2n) is 8.70. The number of unbranched alkanes of at least 4 members (excludes halogenated alkanes) is 5. The van der Waals surface area contributed by atoms with Crippen molar-refractivity contribution < 1.29 is 24.5 Å². The molecule has 28 heavy (non-hydrogen) atoms. The van der Waals surface area contributed by atoms with E-state index in [4.69, 9.17) is 15.5 Å². The summed E-state index contributed by atoms with van der Waals surface area (Å²) in [5, 5.41) is 9.95. The lowest BCUT2D eigenvalue weighted by molar-refractivity contribution is -0.314. The van der Waals surface area contributed by atoms with E-state index in [0.717, 1.165) is 44.9 Å². The summed E-state index contributed by atoms with van der Waals surface area (Å²) in [5.74, 6) is -0.0907. The van der Waals surface area contributed by atoms with Gasteiger partial charge in [-0.3, -0.25) is 9.59 Å². The summed E-state index contributed by atoms with van der Waals surface area (Å²) in [6.07, 6.45) is 7.76. The standard InChI is InChI=1S/C21H40N2O5/c1-4-13-27-28-17-21(3)15-23(14-20(21,2)16-24)19(26)12-10-8-6-5-7-9-11-18(22)25/h24H,4-17H2,1-3H3,(H2,22,25). The molecule has 0 bridgehead atoms. The van der Waals surface area contributed by atoms with Gasteiger partial charge in [0.15, 0.2) is 0 Å². The molecule has 1 fully saturated rings. The third-order valence-corrected chi connectivity index (χ3v) is 6.05. The summed E-state index contributed by atoms with van der Waals surface area (Å²) in [4.78, 5) is 35.7. The van der Waals surface area contributed by atoms with Crippen LogP contribution in [0.15, 0.2) is 0 Å². The van der Waals surface area contributed by atoms with Gasteiger partial charge in [-0.25, -0.2) is 9.78 Å². The molecule has 3 N–H and O–H groups in total. The van der Waals surface area contributed by atoms with Crippen molar-refractivity contribution in [3.63, 3.8) is 0 Å². The van der Waals surface area contributed by atoms with Crippen molar-refractivity contribution >= 4 is 11.8 Å². The van der Waals surface area contributed by atoms with Crippen LogP contribution in [0.5, 0.6) is 0 Å². The SMILES string of the molecule is CCCOOCC1(C)CN(C(=O)CCCCCCCCC(N)=O)CC1(C)CO. The van der Waals surface area contributed by atoms with Gasteiger partial charge in [-0.1, -0.05) is 46.5 Å². The molecule has 1 rings (SSSR count). The fourth-order valence-electron chi connectivity index (χ4n) is 3.67. The first kappa shape index (κ1) is 24.9. The van der Waals surface area contributed by atoms with E-state index in [1.807, 2.05) is 18.7 Å². The Hall–Kier alpha value is -1.18. The highest BCUT2D eigenvalue weighted by atomic mass is 17.2. The summed E-state index contributed by atoms with van der Waals surface area (Å²) >= 11 is 0. The maximum atomic E-state index is 12.6. The van der Waals surface area contributed by atoms with Gasteiger partial charge in [0.2, 0.25) is 11.8 Å². The molecule has 164 valence electrons. The Labute approximate surface area is 169 Å². The third kappa shape index (κ3) is 7.68. The largest absolute Gasteiger partial charge is 0.396 e. The minimum atomic E-state index is -0.404. The first-order chi connectivity index (χ1) is 13.3. The van der Waals surface area contributed by atoms with Crippen molar-refractivity contribution in [2.24, 2.45) is 16.6 Å². The molecule has 2 unspecified atom stereocenters. The molecule has 2 amide bonds. The molecule has 0 spiro atoms. The molecule has 0 radical (unpaired) electrons. The molecule has 0 aromatic heterocycles. The molecule has 1 saturated heterocycles. The van der Waals surface area contributed by atoms with Gasteiger partial charge in [-0.05, 0) is 19.3 Å². The first-order valence-corrected chi connectivity index (χ1v) is 10.7. The molecule has 0 aromatic rings. The predicted molar refractivity (Wildman–Crippen MR) is 108 cm³/mol. The zero-order chi connectivity index (χ0) is 21.0. The first-order valence-electron chi connectivity index (χ1n) is 10.7. The van der Waals surface area contributed by atoms with Gasteiger partial charge in [-0.15, -0.1) is 0 Å². The lowest BCUT2D eigenvalue weighted by Crippen LogP contribution is -2.42. The highest BCUT2D eigenvalue weighted by Crippen LogP contribution is 2.46. The number of likely N-dealkylation sites (tertiary alicyclic amines) is 1. The molecule has 1 aliphatic rings. The predicted octanol–water partition coefficient (Wildman–Crippen LogP) is 2.80. The van der Waals surface area contributed by atoms with Gasteiger partial charge in [0.25, 0.3) is 0 Å². The van der Waals surface area contributed by atoms with Crippen LogP contribution in [0.4, 0.5) is 0 Å². The van der Waals surface area contributed by atoms with Crippen LogP contribution >= 0.6 is 0 Å². The zero-order valence-electron chi connectivity index (χ0n) is 18.0. The maximum absolute atomic E-state index is 12.6.